The van der Waals surface area contributed by atoms with Crippen LogP contribution in [0.15, 0.2) is 136 Å². The Kier molecular flexibility index (Phi) is 16.5. The van der Waals surface area contributed by atoms with Crippen molar-refractivity contribution >= 4 is 66.6 Å². The van der Waals surface area contributed by atoms with Crippen molar-refractivity contribution in [3.63, 3.8) is 0 Å². The molecule has 2 saturated heterocycles. The number of thioether (sulfide) groups is 1. The second kappa shape index (κ2) is 22.0. The fraction of sp³-hybridized carbons (Fsp3) is 0.373. The summed E-state index contributed by atoms with van der Waals surface area (Å²) in [5, 5.41) is 3.61. The van der Waals surface area contributed by atoms with Gasteiger partial charge >= 0.3 is 11.6 Å². The van der Waals surface area contributed by atoms with Crippen LogP contribution >= 0.6 is 23.4 Å². The summed E-state index contributed by atoms with van der Waals surface area (Å²) in [6.07, 6.45) is 2.31. The Morgan fingerprint density at radius 1 is 0.829 bits per heavy atom. The molecule has 12 nitrogen and oxygen atoms in total. The van der Waals surface area contributed by atoms with Crippen molar-refractivity contribution in [2.24, 2.45) is 5.92 Å². The molecule has 2 amide bonds. The normalized spacial score (nSPS) is 16.9. The average molecular weight is 1040 g/mol. The summed E-state index contributed by atoms with van der Waals surface area (Å²) < 4.78 is 110. The van der Waals surface area contributed by atoms with Crippen LogP contribution in [0.2, 0.25) is 5.02 Å². The third-order valence-electron chi connectivity index (χ3n) is 12.3. The van der Waals surface area contributed by atoms with Crippen LogP contribution in [0.25, 0.3) is 11.1 Å². The fourth-order valence-electron chi connectivity index (χ4n) is 8.94. The maximum Gasteiger partial charge on any atom is 0.501 e. The number of nitrogens with zero attached hydrogens (tertiary/aromatic N) is 2. The Labute approximate surface area is 417 Å². The summed E-state index contributed by atoms with van der Waals surface area (Å²) in [6.45, 7) is 6.97. The molecular weight excluding hydrogens is 985 g/mol. The summed E-state index contributed by atoms with van der Waals surface area (Å²) in [5.41, 5.74) is -3.16. The first-order chi connectivity index (χ1) is 33.1. The quantitative estimate of drug-likeness (QED) is 0.0909. The highest BCUT2D eigenvalue weighted by Gasteiger charge is 2.49. The number of ether oxygens (including phenoxy) is 2. The molecule has 0 unspecified atom stereocenters. The highest BCUT2D eigenvalue weighted by molar-refractivity contribution is 7.99. The minimum atomic E-state index is -6.16. The fourth-order valence-corrected chi connectivity index (χ4v) is 12.1. The number of sulfone groups is 1. The van der Waals surface area contributed by atoms with Gasteiger partial charge < -0.3 is 24.6 Å². The van der Waals surface area contributed by atoms with E-state index in [-0.39, 0.29) is 29.8 Å². The number of anilines is 2. The second-order valence-electron chi connectivity index (χ2n) is 18.3. The Hall–Kier alpha value is -5.27. The van der Waals surface area contributed by atoms with Gasteiger partial charge in [-0.2, -0.15) is 13.2 Å². The maximum absolute atomic E-state index is 14.4. The summed E-state index contributed by atoms with van der Waals surface area (Å²) in [7, 11) is -9.37. The number of carbonyl (C=O) groups is 2. The molecule has 2 N–H and O–H groups in total. The van der Waals surface area contributed by atoms with E-state index in [2.05, 4.69) is 22.3 Å². The third kappa shape index (κ3) is 12.8. The molecule has 2 fully saturated rings. The van der Waals surface area contributed by atoms with Gasteiger partial charge in [0.25, 0.3) is 25.8 Å². The number of piperidine rings is 1. The molecule has 374 valence electrons. The number of carbonyl (C=O) groups excluding carboxylic acids is 2. The number of amides is 2. The molecule has 0 radical (unpaired) electrons. The first-order valence-corrected chi connectivity index (χ1v) is 27.2. The highest BCUT2D eigenvalue weighted by atomic mass is 35.5. The first kappa shape index (κ1) is 52.6. The summed E-state index contributed by atoms with van der Waals surface area (Å²) >= 11 is 7.53. The lowest BCUT2D eigenvalue weighted by atomic mass is 9.84. The number of likely N-dealkylation sites (tertiary alicyclic amines) is 1. The van der Waals surface area contributed by atoms with Gasteiger partial charge in [0.1, 0.15) is 10.5 Å². The van der Waals surface area contributed by atoms with Crippen molar-refractivity contribution in [1.82, 2.24) is 9.62 Å². The van der Waals surface area contributed by atoms with Crippen molar-refractivity contribution in [2.75, 3.05) is 42.7 Å². The lowest BCUT2D eigenvalue weighted by Crippen LogP contribution is -2.42. The van der Waals surface area contributed by atoms with Crippen molar-refractivity contribution in [3.05, 3.63) is 137 Å². The molecule has 0 spiro atoms. The lowest BCUT2D eigenvalue weighted by Gasteiger charge is -2.37. The van der Waals surface area contributed by atoms with E-state index in [9.17, 15) is 39.6 Å². The minimum Gasteiger partial charge on any atom is -0.444 e. The van der Waals surface area contributed by atoms with E-state index in [1.165, 1.54) is 23.9 Å². The molecule has 0 saturated carbocycles. The molecule has 2 aliphatic rings. The predicted octanol–water partition coefficient (Wildman–Crippen LogP) is 11.4. The number of methoxy groups -OCH3 is 1. The zero-order valence-corrected chi connectivity index (χ0v) is 42.3. The van der Waals surface area contributed by atoms with Gasteiger partial charge in [0.2, 0.25) is 0 Å². The number of alkyl halides is 3. The number of benzene rings is 5. The predicted molar refractivity (Wildman–Crippen MR) is 268 cm³/mol. The monoisotopic (exact) mass is 1040 g/mol. The van der Waals surface area contributed by atoms with E-state index >= 15 is 0 Å². The molecule has 5 aromatic carbocycles. The highest BCUT2D eigenvalue weighted by Crippen LogP contribution is 2.40. The molecular formula is C51H56ClF3N4O8S3. The third-order valence-corrected chi connectivity index (χ3v) is 16.6. The van der Waals surface area contributed by atoms with Crippen LogP contribution in [-0.2, 0) is 29.3 Å². The summed E-state index contributed by atoms with van der Waals surface area (Å²) in [6, 6.07) is 32.4. The molecule has 3 atom stereocenters. The Bertz CT molecular complexity index is 2840. The van der Waals surface area contributed by atoms with Gasteiger partial charge in [-0.3, -0.25) is 4.79 Å². The van der Waals surface area contributed by atoms with Gasteiger partial charge in [-0.15, -0.1) is 11.8 Å². The smallest absolute Gasteiger partial charge is 0.444 e. The summed E-state index contributed by atoms with van der Waals surface area (Å²) in [5.74, 6) is -0.634. The van der Waals surface area contributed by atoms with Crippen LogP contribution in [0.4, 0.5) is 29.3 Å². The van der Waals surface area contributed by atoms with Gasteiger partial charge in [-0.05, 0) is 142 Å². The van der Waals surface area contributed by atoms with Crippen LogP contribution < -0.4 is 14.9 Å². The number of hydrogen-bond acceptors (Lipinski definition) is 11. The van der Waals surface area contributed by atoms with Crippen molar-refractivity contribution in [1.29, 1.82) is 0 Å². The molecule has 2 aliphatic heterocycles. The number of nitrogens with one attached hydrogen (secondary N) is 2. The molecule has 19 heteroatoms. The van der Waals surface area contributed by atoms with Gasteiger partial charge in [0, 0.05) is 65.7 Å². The Morgan fingerprint density at radius 3 is 2.13 bits per heavy atom. The van der Waals surface area contributed by atoms with Crippen LogP contribution in [0, 0.1) is 5.92 Å². The van der Waals surface area contributed by atoms with E-state index < -0.39 is 70.5 Å². The number of hydrogen-bond donors (Lipinski definition) is 2. The van der Waals surface area contributed by atoms with E-state index in [1.807, 2.05) is 71.5 Å². The van der Waals surface area contributed by atoms with Crippen LogP contribution in [0.1, 0.15) is 74.9 Å². The van der Waals surface area contributed by atoms with Gasteiger partial charge in [-0.25, -0.2) is 26.4 Å². The molecule has 70 heavy (non-hydrogen) atoms. The molecule has 0 bridgehead atoms. The Balaban J connectivity index is 1.05. The van der Waals surface area contributed by atoms with Gasteiger partial charge in [0.15, 0.2) is 0 Å². The molecule has 0 aliphatic carbocycles. The van der Waals surface area contributed by atoms with E-state index in [4.69, 9.17) is 21.1 Å². The lowest BCUT2D eigenvalue weighted by molar-refractivity contribution is -0.0436. The zero-order chi connectivity index (χ0) is 50.4. The van der Waals surface area contributed by atoms with E-state index in [1.54, 1.807) is 44.9 Å². The van der Waals surface area contributed by atoms with E-state index in [0.29, 0.717) is 43.6 Å². The van der Waals surface area contributed by atoms with Crippen molar-refractivity contribution in [2.45, 2.75) is 96.9 Å². The standard InChI is InChI=1S/C51H56ClF3N4O8S3/c1-50(2,3)67-49(61)59-28-10-11-40(59)31-38(33-68-41-12-6-5-7-13-41)56-45-25-24-42(32-46(45)69(62,63)51(53,54)55)70(64,65)57-48(60)36-18-22-39(23-19-36)58-29-26-35(27-30-58)47(66-4)44-15-9-8-14-43(44)34-16-20-37(52)21-17-34/h5-9,12-25,32,35,38,40,47,56H,10-11,26-31,33H2,1-4H3,(H,57,60)/t38-,40-,47-/m1/s1. The van der Waals surface area contributed by atoms with Crippen LogP contribution in [0.3, 0.4) is 0 Å². The SMILES string of the molecule is CO[C@@H](c1ccccc1-c1ccc(Cl)cc1)C1CCN(c2ccc(C(=O)NS(=O)(=O)c3ccc(N[C@@H](CSc4ccccc4)C[C@H]4CCCN4C(=O)OC(C)(C)C)c(S(=O)(=O)C(F)(F)F)c3)cc2)CC1. The van der Waals surface area contributed by atoms with Gasteiger partial charge in [0.05, 0.1) is 16.7 Å². The van der Waals surface area contributed by atoms with Gasteiger partial charge in [-0.1, -0.05) is 66.2 Å². The average Bonchev–Trinajstić information content (AvgIpc) is 3.79. The van der Waals surface area contributed by atoms with Crippen molar-refractivity contribution in [3.8, 4) is 11.1 Å². The topological polar surface area (TPSA) is 151 Å². The molecule has 7 rings (SSSR count). The number of halogens is 4. The zero-order valence-electron chi connectivity index (χ0n) is 39.1. The molecule has 0 aromatic heterocycles. The Morgan fingerprint density at radius 2 is 1.49 bits per heavy atom. The van der Waals surface area contributed by atoms with E-state index in [0.717, 1.165) is 52.2 Å². The summed E-state index contributed by atoms with van der Waals surface area (Å²) in [4.78, 5) is 29.0. The van der Waals surface area contributed by atoms with Crippen molar-refractivity contribution < 1.29 is 49.1 Å². The molecule has 2 heterocycles. The first-order valence-electron chi connectivity index (χ1n) is 22.8. The molecule has 5 aromatic rings. The van der Waals surface area contributed by atoms with Crippen LogP contribution in [0.5, 0.6) is 0 Å². The van der Waals surface area contributed by atoms with Crippen LogP contribution in [-0.4, -0.2) is 89.4 Å². The largest absolute Gasteiger partial charge is 0.501 e. The number of rotatable bonds is 16. The second-order valence-corrected chi connectivity index (χ2v) is 23.5. The minimum absolute atomic E-state index is 0.0482. The maximum atomic E-state index is 14.4. The number of sulfonamides is 1.